The van der Waals surface area contributed by atoms with Gasteiger partial charge in [0.2, 0.25) is 16.9 Å². The molecule has 7 heteroatoms. The first-order valence-electron chi connectivity index (χ1n) is 7.50. The van der Waals surface area contributed by atoms with Crippen LogP contribution in [-0.2, 0) is 0 Å². The quantitative estimate of drug-likeness (QED) is 0.695. The van der Waals surface area contributed by atoms with Crippen molar-refractivity contribution in [3.8, 4) is 0 Å². The van der Waals surface area contributed by atoms with Crippen molar-refractivity contribution < 1.29 is 14.3 Å². The Morgan fingerprint density at radius 1 is 1.25 bits per heavy atom. The van der Waals surface area contributed by atoms with Crippen molar-refractivity contribution in [2.45, 2.75) is 19.3 Å². The minimum atomic E-state index is -1.25. The van der Waals surface area contributed by atoms with Crippen LogP contribution in [0, 0.1) is 0 Å². The van der Waals surface area contributed by atoms with Gasteiger partial charge in [0.1, 0.15) is 11.4 Å². The van der Waals surface area contributed by atoms with E-state index in [1.807, 2.05) is 0 Å². The predicted octanol–water partition coefficient (Wildman–Crippen LogP) is 2.58. The second-order valence-electron chi connectivity index (χ2n) is 5.71. The summed E-state index contributed by atoms with van der Waals surface area (Å²) in [5, 5.41) is 9.52. The molecule has 0 aromatic carbocycles. The Hall–Kier alpha value is -3.22. The Morgan fingerprint density at radius 2 is 2.04 bits per heavy atom. The molecule has 1 aliphatic carbocycles. The number of anilines is 1. The van der Waals surface area contributed by atoms with Crippen LogP contribution in [0.5, 0.6) is 0 Å². The molecule has 0 unspecified atom stereocenters. The van der Waals surface area contributed by atoms with Gasteiger partial charge in [-0.25, -0.2) is 9.78 Å². The van der Waals surface area contributed by atoms with Crippen molar-refractivity contribution >= 4 is 39.6 Å². The number of allylic oxidation sites excluding steroid dienone is 2. The lowest BCUT2D eigenvalue weighted by Gasteiger charge is -2.06. The van der Waals surface area contributed by atoms with Crippen molar-refractivity contribution in [3.63, 3.8) is 0 Å². The fraction of sp³-hybridized carbons (Fsp3) is 0.176. The van der Waals surface area contributed by atoms with Gasteiger partial charge in [0.05, 0.1) is 10.8 Å². The maximum absolute atomic E-state index is 12.7. The van der Waals surface area contributed by atoms with Gasteiger partial charge < -0.3 is 15.3 Å². The molecule has 3 heterocycles. The Balaban J connectivity index is 2.02. The number of nitrogens with two attached hydrogens (primary N) is 1. The van der Waals surface area contributed by atoms with Crippen molar-refractivity contribution in [1.29, 1.82) is 0 Å². The van der Waals surface area contributed by atoms with Crippen LogP contribution in [0.1, 0.15) is 35.2 Å². The van der Waals surface area contributed by atoms with Crippen LogP contribution in [0.4, 0.5) is 5.82 Å². The van der Waals surface area contributed by atoms with Crippen LogP contribution >= 0.6 is 0 Å². The molecule has 4 rings (SSSR count). The molecule has 120 valence electrons. The second kappa shape index (κ2) is 5.16. The average Bonchev–Trinajstić information content (AvgIpc) is 3.08. The molecular formula is C17H13N3O4. The predicted molar refractivity (Wildman–Crippen MR) is 88.8 cm³/mol. The van der Waals surface area contributed by atoms with Gasteiger partial charge in [0.15, 0.2) is 0 Å². The first-order valence-corrected chi connectivity index (χ1v) is 7.50. The monoisotopic (exact) mass is 323 g/mol. The third-order valence-electron chi connectivity index (χ3n) is 4.19. The van der Waals surface area contributed by atoms with Crippen LogP contribution in [0.15, 0.2) is 33.6 Å². The third-order valence-corrected chi connectivity index (χ3v) is 4.19. The number of nitrogens with zero attached hydrogens (tertiary/aromatic N) is 2. The zero-order valence-electron chi connectivity index (χ0n) is 12.6. The molecule has 3 aromatic heterocycles. The van der Waals surface area contributed by atoms with Crippen molar-refractivity contribution in [2.24, 2.45) is 0 Å². The molecule has 3 N–H and O–H groups in total. The Kier molecular flexibility index (Phi) is 3.09. The molecule has 0 spiro atoms. The number of hydrogen-bond donors (Lipinski definition) is 2. The molecule has 1 aliphatic rings. The van der Waals surface area contributed by atoms with Gasteiger partial charge in [-0.05, 0) is 42.5 Å². The van der Waals surface area contributed by atoms with E-state index in [0.717, 1.165) is 30.4 Å². The Morgan fingerprint density at radius 3 is 2.75 bits per heavy atom. The number of carboxylic acid groups (broad SMARTS) is 1. The average molecular weight is 323 g/mol. The van der Waals surface area contributed by atoms with E-state index in [0.29, 0.717) is 5.39 Å². The minimum Gasteiger partial charge on any atom is -0.478 e. The summed E-state index contributed by atoms with van der Waals surface area (Å²) in [6, 6.07) is 2.94. The molecule has 0 amide bonds. The lowest BCUT2D eigenvalue weighted by atomic mass is 10.1. The standard InChI is InChI=1S/C17H13N3O4/c18-14-12(17(22)23)6-11-13(21)10-5-9(8-3-1-2-4-8)7-19-15(10)24-16(11)20-14/h3,5-7H,1-2,4H2,(H2,18,20)(H,22,23). The van der Waals surface area contributed by atoms with Gasteiger partial charge in [-0.1, -0.05) is 6.08 Å². The number of carbonyl (C=O) groups is 1. The van der Waals surface area contributed by atoms with Gasteiger partial charge >= 0.3 is 5.97 Å². The first-order chi connectivity index (χ1) is 11.5. The van der Waals surface area contributed by atoms with Crippen LogP contribution in [0.2, 0.25) is 0 Å². The molecule has 7 nitrogen and oxygen atoms in total. The van der Waals surface area contributed by atoms with Crippen LogP contribution in [-0.4, -0.2) is 21.0 Å². The summed E-state index contributed by atoms with van der Waals surface area (Å²) in [5.41, 5.74) is 7.19. The van der Waals surface area contributed by atoms with Crippen LogP contribution in [0.25, 0.3) is 27.8 Å². The molecule has 0 saturated heterocycles. The van der Waals surface area contributed by atoms with E-state index in [9.17, 15) is 9.59 Å². The number of aromatic nitrogens is 2. The number of rotatable bonds is 2. The maximum atomic E-state index is 12.7. The minimum absolute atomic E-state index is 0.0182. The van der Waals surface area contributed by atoms with Gasteiger partial charge in [0.25, 0.3) is 0 Å². The summed E-state index contributed by atoms with van der Waals surface area (Å²) in [6.45, 7) is 0. The molecule has 0 saturated carbocycles. The molecule has 0 fully saturated rings. The molecule has 0 aliphatic heterocycles. The van der Waals surface area contributed by atoms with E-state index in [4.69, 9.17) is 15.3 Å². The van der Waals surface area contributed by atoms with E-state index in [2.05, 4.69) is 16.0 Å². The zero-order chi connectivity index (χ0) is 16.8. The number of carboxylic acids is 1. The van der Waals surface area contributed by atoms with Gasteiger partial charge in [-0.3, -0.25) is 4.79 Å². The summed E-state index contributed by atoms with van der Waals surface area (Å²) < 4.78 is 5.55. The summed E-state index contributed by atoms with van der Waals surface area (Å²) in [5.74, 6) is -1.45. The number of pyridine rings is 2. The maximum Gasteiger partial charge on any atom is 0.339 e. The lowest BCUT2D eigenvalue weighted by molar-refractivity contribution is 0.0698. The number of hydrogen-bond acceptors (Lipinski definition) is 6. The zero-order valence-corrected chi connectivity index (χ0v) is 12.6. The molecule has 3 aromatic rings. The highest BCUT2D eigenvalue weighted by molar-refractivity contribution is 5.98. The lowest BCUT2D eigenvalue weighted by Crippen LogP contribution is -2.10. The summed E-state index contributed by atoms with van der Waals surface area (Å²) >= 11 is 0. The Labute approximate surface area is 135 Å². The molecule has 24 heavy (non-hydrogen) atoms. The summed E-state index contributed by atoms with van der Waals surface area (Å²) in [6.07, 6.45) is 6.86. The fourth-order valence-electron chi connectivity index (χ4n) is 2.96. The topological polar surface area (TPSA) is 119 Å². The highest BCUT2D eigenvalue weighted by Crippen LogP contribution is 2.29. The van der Waals surface area contributed by atoms with E-state index < -0.39 is 5.97 Å². The second-order valence-corrected chi connectivity index (χ2v) is 5.71. The van der Waals surface area contributed by atoms with E-state index in [-0.39, 0.29) is 33.6 Å². The molecule has 0 bridgehead atoms. The van der Waals surface area contributed by atoms with Crippen LogP contribution in [0.3, 0.4) is 0 Å². The normalized spacial score (nSPS) is 14.2. The van der Waals surface area contributed by atoms with Crippen molar-refractivity contribution in [2.75, 3.05) is 5.73 Å². The Bertz CT molecular complexity index is 1100. The molecule has 0 atom stereocenters. The summed E-state index contributed by atoms with van der Waals surface area (Å²) in [7, 11) is 0. The first kappa shape index (κ1) is 14.4. The summed E-state index contributed by atoms with van der Waals surface area (Å²) in [4.78, 5) is 32.0. The number of aromatic carboxylic acids is 1. The smallest absolute Gasteiger partial charge is 0.339 e. The van der Waals surface area contributed by atoms with Crippen molar-refractivity contribution in [1.82, 2.24) is 9.97 Å². The molecular weight excluding hydrogens is 310 g/mol. The van der Waals surface area contributed by atoms with E-state index in [1.54, 1.807) is 12.3 Å². The largest absolute Gasteiger partial charge is 0.478 e. The SMILES string of the molecule is Nc1nc2oc3ncc(C4=CCCC4)cc3c(=O)c2cc1C(=O)O. The molecule has 0 radical (unpaired) electrons. The highest BCUT2D eigenvalue weighted by Gasteiger charge is 2.17. The number of fused-ring (bicyclic) bond motifs is 2. The third kappa shape index (κ3) is 2.13. The van der Waals surface area contributed by atoms with Gasteiger partial charge in [-0.15, -0.1) is 0 Å². The van der Waals surface area contributed by atoms with Crippen LogP contribution < -0.4 is 11.2 Å². The highest BCUT2D eigenvalue weighted by atomic mass is 16.4. The van der Waals surface area contributed by atoms with Gasteiger partial charge in [-0.2, -0.15) is 4.98 Å². The van der Waals surface area contributed by atoms with Crippen molar-refractivity contribution in [3.05, 3.63) is 45.8 Å². The van der Waals surface area contributed by atoms with Gasteiger partial charge in [0, 0.05) is 6.20 Å². The van der Waals surface area contributed by atoms with E-state index >= 15 is 0 Å². The van der Waals surface area contributed by atoms with E-state index in [1.165, 1.54) is 6.07 Å². The number of nitrogen functional groups attached to an aromatic ring is 1. The fourth-order valence-corrected chi connectivity index (χ4v) is 2.96.